The molecule has 0 atom stereocenters. The Balaban J connectivity index is 1.85. The van der Waals surface area contributed by atoms with Crippen LogP contribution in [0.1, 0.15) is 42.0 Å². The third-order valence-corrected chi connectivity index (χ3v) is 4.31. The molecule has 0 aliphatic heterocycles. The van der Waals surface area contributed by atoms with Crippen molar-refractivity contribution in [2.75, 3.05) is 0 Å². The van der Waals surface area contributed by atoms with Crippen LogP contribution in [-0.2, 0) is 18.5 Å². The van der Waals surface area contributed by atoms with Gasteiger partial charge in [-0.1, -0.05) is 20.8 Å². The molecule has 0 spiro atoms. The van der Waals surface area contributed by atoms with E-state index in [9.17, 15) is 0 Å². The maximum atomic E-state index is 5.52. The first-order chi connectivity index (χ1) is 8.45. The summed E-state index contributed by atoms with van der Waals surface area (Å²) in [6, 6.07) is 8.47. The van der Waals surface area contributed by atoms with E-state index in [1.54, 1.807) is 0 Å². The first kappa shape index (κ1) is 13.4. The molecule has 0 unspecified atom stereocenters. The van der Waals surface area contributed by atoms with Crippen LogP contribution in [0.25, 0.3) is 0 Å². The lowest BCUT2D eigenvalue weighted by Gasteiger charge is -2.15. The van der Waals surface area contributed by atoms with Crippen molar-refractivity contribution in [2.45, 2.75) is 46.2 Å². The van der Waals surface area contributed by atoms with Gasteiger partial charge in [0.15, 0.2) is 0 Å². The molecule has 0 saturated heterocycles. The van der Waals surface area contributed by atoms with Crippen LogP contribution >= 0.6 is 11.3 Å². The Labute approximate surface area is 113 Å². The van der Waals surface area contributed by atoms with E-state index < -0.39 is 0 Å². The molecule has 0 bridgehead atoms. The van der Waals surface area contributed by atoms with Gasteiger partial charge in [-0.15, -0.1) is 11.3 Å². The zero-order valence-corrected chi connectivity index (χ0v) is 12.4. The topological polar surface area (TPSA) is 25.2 Å². The van der Waals surface area contributed by atoms with Gasteiger partial charge in [-0.2, -0.15) is 0 Å². The highest BCUT2D eigenvalue weighted by atomic mass is 32.1. The van der Waals surface area contributed by atoms with E-state index >= 15 is 0 Å². The zero-order chi connectivity index (χ0) is 13.2. The van der Waals surface area contributed by atoms with Gasteiger partial charge in [0.05, 0.1) is 6.54 Å². The molecule has 0 radical (unpaired) electrons. The summed E-state index contributed by atoms with van der Waals surface area (Å²) in [5.41, 5.74) is 0.251. The second-order valence-corrected chi connectivity index (χ2v) is 6.80. The van der Waals surface area contributed by atoms with Gasteiger partial charge in [-0.05, 0) is 36.6 Å². The minimum atomic E-state index is 0.251. The van der Waals surface area contributed by atoms with Crippen molar-refractivity contribution < 1.29 is 4.42 Å². The molecule has 0 amide bonds. The Hall–Kier alpha value is -1.06. The second-order valence-electron chi connectivity index (χ2n) is 5.63. The van der Waals surface area contributed by atoms with Crippen LogP contribution in [0, 0.1) is 6.92 Å². The molecule has 2 aromatic rings. The van der Waals surface area contributed by atoms with E-state index in [4.69, 9.17) is 4.42 Å². The molecule has 0 fully saturated rings. The summed E-state index contributed by atoms with van der Waals surface area (Å²) in [5.74, 6) is 1.97. The predicted molar refractivity (Wildman–Crippen MR) is 77.0 cm³/mol. The van der Waals surface area contributed by atoms with Crippen LogP contribution in [0.15, 0.2) is 28.7 Å². The lowest BCUT2D eigenvalue weighted by Crippen LogP contribution is -2.11. The fraction of sp³-hybridized carbons (Fsp3) is 0.467. The summed E-state index contributed by atoms with van der Waals surface area (Å²) in [4.78, 5) is 2.82. The molecule has 0 aliphatic rings. The number of rotatable bonds is 4. The molecular weight excluding hydrogens is 242 g/mol. The largest absolute Gasteiger partial charge is 0.465 e. The fourth-order valence-corrected chi connectivity index (χ4v) is 2.80. The average molecular weight is 263 g/mol. The van der Waals surface area contributed by atoms with Gasteiger partial charge in [-0.25, -0.2) is 0 Å². The van der Waals surface area contributed by atoms with Crippen molar-refractivity contribution in [3.63, 3.8) is 0 Å². The summed E-state index contributed by atoms with van der Waals surface area (Å²) in [6.07, 6.45) is 0. The molecule has 0 saturated carbocycles. The van der Waals surface area contributed by atoms with Crippen molar-refractivity contribution in [3.05, 3.63) is 45.5 Å². The summed E-state index contributed by atoms with van der Waals surface area (Å²) >= 11 is 1.89. The fourth-order valence-electron chi connectivity index (χ4n) is 1.77. The molecule has 2 rings (SSSR count). The van der Waals surface area contributed by atoms with Crippen molar-refractivity contribution in [1.82, 2.24) is 5.32 Å². The number of nitrogens with one attached hydrogen (secondary N) is 1. The number of hydrogen-bond acceptors (Lipinski definition) is 3. The summed E-state index contributed by atoms with van der Waals surface area (Å²) < 4.78 is 5.52. The Morgan fingerprint density at radius 3 is 2.44 bits per heavy atom. The third-order valence-electron chi connectivity index (χ3n) is 2.80. The molecule has 98 valence electrons. The van der Waals surface area contributed by atoms with Gasteiger partial charge in [-0.3, -0.25) is 0 Å². The van der Waals surface area contributed by atoms with E-state index in [0.29, 0.717) is 0 Å². The van der Waals surface area contributed by atoms with Crippen LogP contribution in [0.3, 0.4) is 0 Å². The van der Waals surface area contributed by atoms with Crippen LogP contribution in [0.4, 0.5) is 0 Å². The SMILES string of the molecule is Cc1ccc(CNCc2ccc(C(C)(C)C)s2)o1. The quantitative estimate of drug-likeness (QED) is 0.892. The number of furan rings is 1. The smallest absolute Gasteiger partial charge is 0.117 e. The molecule has 2 aromatic heterocycles. The third kappa shape index (κ3) is 3.47. The normalized spacial score (nSPS) is 12.0. The van der Waals surface area contributed by atoms with E-state index in [2.05, 4.69) is 38.2 Å². The molecule has 2 heterocycles. The standard InChI is InChI=1S/C15H21NOS/c1-11-5-6-12(17-11)9-16-10-13-7-8-14(18-13)15(2,3)4/h5-8,16H,9-10H2,1-4H3. The Bertz CT molecular complexity index is 505. The minimum absolute atomic E-state index is 0.251. The van der Waals surface area contributed by atoms with E-state index in [-0.39, 0.29) is 5.41 Å². The molecule has 0 aliphatic carbocycles. The highest BCUT2D eigenvalue weighted by Crippen LogP contribution is 2.29. The molecule has 18 heavy (non-hydrogen) atoms. The van der Waals surface area contributed by atoms with E-state index in [0.717, 1.165) is 24.6 Å². The molecule has 3 heteroatoms. The summed E-state index contributed by atoms with van der Waals surface area (Å²) in [7, 11) is 0. The van der Waals surface area contributed by atoms with Gasteiger partial charge in [0.2, 0.25) is 0 Å². The number of thiophene rings is 1. The second kappa shape index (κ2) is 5.29. The average Bonchev–Trinajstić information content (AvgIpc) is 2.87. The Morgan fingerprint density at radius 1 is 1.11 bits per heavy atom. The molecule has 1 N–H and O–H groups in total. The van der Waals surface area contributed by atoms with Gasteiger partial charge in [0.1, 0.15) is 11.5 Å². The highest BCUT2D eigenvalue weighted by molar-refractivity contribution is 7.12. The number of hydrogen-bond donors (Lipinski definition) is 1. The lowest BCUT2D eigenvalue weighted by molar-refractivity contribution is 0.462. The molecular formula is C15H21NOS. The van der Waals surface area contributed by atoms with Crippen LogP contribution in [-0.4, -0.2) is 0 Å². The van der Waals surface area contributed by atoms with E-state index in [1.165, 1.54) is 9.75 Å². The van der Waals surface area contributed by atoms with Gasteiger partial charge in [0, 0.05) is 16.3 Å². The maximum absolute atomic E-state index is 5.52. The van der Waals surface area contributed by atoms with Crippen LogP contribution in [0.2, 0.25) is 0 Å². The highest BCUT2D eigenvalue weighted by Gasteiger charge is 2.15. The molecule has 2 nitrogen and oxygen atoms in total. The number of aryl methyl sites for hydroxylation is 1. The van der Waals surface area contributed by atoms with Crippen molar-refractivity contribution >= 4 is 11.3 Å². The lowest BCUT2D eigenvalue weighted by atomic mass is 9.95. The van der Waals surface area contributed by atoms with Crippen LogP contribution in [0.5, 0.6) is 0 Å². The van der Waals surface area contributed by atoms with Crippen molar-refractivity contribution in [1.29, 1.82) is 0 Å². The first-order valence-corrected chi connectivity index (χ1v) is 7.12. The monoisotopic (exact) mass is 263 g/mol. The molecule has 0 aromatic carbocycles. The predicted octanol–water partition coefficient (Wildman–Crippen LogP) is 4.24. The summed E-state index contributed by atoms with van der Waals surface area (Å²) in [5, 5.41) is 3.41. The van der Waals surface area contributed by atoms with Crippen molar-refractivity contribution in [2.24, 2.45) is 0 Å². The first-order valence-electron chi connectivity index (χ1n) is 6.30. The van der Waals surface area contributed by atoms with Gasteiger partial charge in [0.25, 0.3) is 0 Å². The zero-order valence-electron chi connectivity index (χ0n) is 11.5. The Morgan fingerprint density at radius 2 is 1.89 bits per heavy atom. The van der Waals surface area contributed by atoms with Gasteiger partial charge >= 0.3 is 0 Å². The van der Waals surface area contributed by atoms with Crippen molar-refractivity contribution in [3.8, 4) is 0 Å². The van der Waals surface area contributed by atoms with E-state index in [1.807, 2.05) is 30.4 Å². The summed E-state index contributed by atoms with van der Waals surface area (Å²) in [6.45, 7) is 10.4. The van der Waals surface area contributed by atoms with Gasteiger partial charge < -0.3 is 9.73 Å². The van der Waals surface area contributed by atoms with Crippen LogP contribution < -0.4 is 5.32 Å². The minimum Gasteiger partial charge on any atom is -0.465 e. The maximum Gasteiger partial charge on any atom is 0.117 e. The Kier molecular flexibility index (Phi) is 3.93.